The van der Waals surface area contributed by atoms with E-state index < -0.39 is 16.5 Å². The number of hydrogen-bond acceptors (Lipinski definition) is 6. The second-order valence-corrected chi connectivity index (χ2v) is 12.3. The van der Waals surface area contributed by atoms with Gasteiger partial charge in [0.15, 0.2) is 0 Å². The molecule has 2 saturated carbocycles. The summed E-state index contributed by atoms with van der Waals surface area (Å²) in [5.41, 5.74) is 2.97. The molecule has 0 saturated heterocycles. The average molecular weight is 620 g/mol. The lowest BCUT2D eigenvalue weighted by Crippen LogP contribution is -2.40. The molecule has 6 rings (SSSR count). The second-order valence-electron chi connectivity index (χ2n) is 10.3. The summed E-state index contributed by atoms with van der Waals surface area (Å²) < 4.78 is 36.3. The van der Waals surface area contributed by atoms with Crippen LogP contribution in [0.15, 0.2) is 65.2 Å². The minimum atomic E-state index is -2.74. The van der Waals surface area contributed by atoms with Crippen LogP contribution in [0.4, 0.5) is 5.69 Å². The predicted octanol–water partition coefficient (Wildman–Crippen LogP) is 7.46. The van der Waals surface area contributed by atoms with Crippen molar-refractivity contribution < 1.29 is 22.8 Å². The van der Waals surface area contributed by atoms with Crippen LogP contribution in [0.25, 0.3) is 11.3 Å². The summed E-state index contributed by atoms with van der Waals surface area (Å²) >= 11 is 19.6. The van der Waals surface area contributed by atoms with Gasteiger partial charge in [-0.2, -0.15) is 0 Å². The number of nitrogens with one attached hydrogen (secondary N) is 1. The lowest BCUT2D eigenvalue weighted by molar-refractivity contribution is -0.0549. The maximum atomic E-state index is 11.3. The van der Waals surface area contributed by atoms with Crippen molar-refractivity contribution in [3.63, 3.8) is 0 Å². The molecule has 1 aromatic heterocycles. The molecule has 40 heavy (non-hydrogen) atoms. The number of aliphatic hydroxyl groups is 1. The highest BCUT2D eigenvalue weighted by molar-refractivity contribution is 7.73. The molecule has 2 N–H and O–H groups in total. The lowest BCUT2D eigenvalue weighted by atomic mass is 9.65. The van der Waals surface area contributed by atoms with Crippen LogP contribution in [0, 0.1) is 0 Å². The predicted molar refractivity (Wildman–Crippen MR) is 156 cm³/mol. The molecule has 0 spiro atoms. The van der Waals surface area contributed by atoms with Gasteiger partial charge in [-0.25, -0.2) is 8.42 Å². The maximum absolute atomic E-state index is 11.3. The highest BCUT2D eigenvalue weighted by Crippen LogP contribution is 2.53. The van der Waals surface area contributed by atoms with Gasteiger partial charge < -0.3 is 14.4 Å². The number of thiol groups is 1. The molecule has 4 aromatic rings. The van der Waals surface area contributed by atoms with Crippen molar-refractivity contribution in [2.75, 3.05) is 4.72 Å². The minimum absolute atomic E-state index is 0.0766. The van der Waals surface area contributed by atoms with E-state index in [9.17, 15) is 13.5 Å². The number of halogens is 3. The number of benzene rings is 3. The molecular weight excluding hydrogens is 595 g/mol. The van der Waals surface area contributed by atoms with E-state index in [1.807, 2.05) is 6.07 Å². The molecule has 3 aromatic carbocycles. The molecule has 7 nitrogen and oxygen atoms in total. The summed E-state index contributed by atoms with van der Waals surface area (Å²) in [6.07, 6.45) is 2.98. The van der Waals surface area contributed by atoms with Gasteiger partial charge in [0, 0.05) is 22.7 Å². The van der Waals surface area contributed by atoms with Crippen molar-refractivity contribution in [1.82, 2.24) is 5.16 Å². The fourth-order valence-electron chi connectivity index (χ4n) is 5.35. The van der Waals surface area contributed by atoms with Crippen LogP contribution >= 0.6 is 34.8 Å². The zero-order valence-electron chi connectivity index (χ0n) is 21.1. The van der Waals surface area contributed by atoms with Crippen molar-refractivity contribution in [2.24, 2.45) is 0 Å². The molecular formula is C29H25Cl3N2O5S. The van der Waals surface area contributed by atoms with Crippen molar-refractivity contribution in [2.45, 2.75) is 49.7 Å². The Kier molecular flexibility index (Phi) is 7.48. The third-order valence-corrected chi connectivity index (χ3v) is 8.92. The van der Waals surface area contributed by atoms with Crippen molar-refractivity contribution >= 4 is 51.4 Å². The first-order valence-corrected chi connectivity index (χ1v) is 15.1. The van der Waals surface area contributed by atoms with Gasteiger partial charge >= 0.3 is 0 Å². The van der Waals surface area contributed by atoms with E-state index in [2.05, 4.69) is 9.88 Å². The Morgan fingerprint density at radius 2 is 1.70 bits per heavy atom. The highest BCUT2D eigenvalue weighted by atomic mass is 35.5. The molecule has 0 atom stereocenters. The molecule has 0 radical (unpaired) electrons. The van der Waals surface area contributed by atoms with E-state index in [-0.39, 0.29) is 12.5 Å². The van der Waals surface area contributed by atoms with Crippen LogP contribution in [-0.4, -0.2) is 18.7 Å². The van der Waals surface area contributed by atoms with Crippen molar-refractivity contribution in [3.8, 4) is 17.0 Å². The van der Waals surface area contributed by atoms with Gasteiger partial charge in [0.1, 0.15) is 23.8 Å². The van der Waals surface area contributed by atoms with E-state index in [0.29, 0.717) is 62.1 Å². The summed E-state index contributed by atoms with van der Waals surface area (Å²) in [6, 6.07) is 17.8. The van der Waals surface area contributed by atoms with Gasteiger partial charge in [-0.1, -0.05) is 64.2 Å². The van der Waals surface area contributed by atoms with Gasteiger partial charge in [-0.3, -0.25) is 4.72 Å². The lowest BCUT2D eigenvalue weighted by Gasteiger charge is -2.44. The normalized spacial score (nSPS) is 20.4. The number of ether oxygens (including phenoxy) is 1. The van der Waals surface area contributed by atoms with Crippen LogP contribution in [0.3, 0.4) is 0 Å². The molecule has 2 fully saturated rings. The SMILES string of the molecule is O=[SH](=O)Nc1cccc(C2CC(O)(c3ccc(OCc4c(-c5c(Cl)cccc5Cl)noc4C4CC4)cc3Cl)C2)c1. The van der Waals surface area contributed by atoms with E-state index in [0.717, 1.165) is 29.7 Å². The van der Waals surface area contributed by atoms with Crippen LogP contribution in [0.5, 0.6) is 5.75 Å². The number of nitrogens with zero attached hydrogens (tertiary/aromatic N) is 1. The molecule has 0 amide bonds. The van der Waals surface area contributed by atoms with E-state index in [1.165, 1.54) is 0 Å². The summed E-state index contributed by atoms with van der Waals surface area (Å²) in [5.74, 6) is 1.70. The van der Waals surface area contributed by atoms with Crippen molar-refractivity contribution in [3.05, 3.63) is 98.2 Å². The molecule has 0 unspecified atom stereocenters. The van der Waals surface area contributed by atoms with Gasteiger partial charge in [0.2, 0.25) is 10.9 Å². The Morgan fingerprint density at radius 3 is 2.38 bits per heavy atom. The summed E-state index contributed by atoms with van der Waals surface area (Å²) in [7, 11) is -2.74. The summed E-state index contributed by atoms with van der Waals surface area (Å²) in [6.45, 7) is 0.188. The van der Waals surface area contributed by atoms with E-state index in [4.69, 9.17) is 44.1 Å². The summed E-state index contributed by atoms with van der Waals surface area (Å²) in [5, 5.41) is 17.0. The van der Waals surface area contributed by atoms with Crippen LogP contribution in [0.2, 0.25) is 15.1 Å². The molecule has 2 aliphatic rings. The van der Waals surface area contributed by atoms with E-state index >= 15 is 0 Å². The number of aromatic nitrogens is 1. The molecule has 2 aliphatic carbocycles. The fourth-order valence-corrected chi connectivity index (χ4v) is 6.62. The monoisotopic (exact) mass is 618 g/mol. The van der Waals surface area contributed by atoms with Crippen LogP contribution in [0.1, 0.15) is 60.0 Å². The maximum Gasteiger partial charge on any atom is 0.222 e. The van der Waals surface area contributed by atoms with Crippen molar-refractivity contribution in [1.29, 1.82) is 0 Å². The standard InChI is InChI=1S/C29H25Cl3N2O5S/c30-23-5-2-6-24(31)26(23)27-21(28(39-33-27)16-7-8-16)15-38-20-9-10-22(25(32)12-20)29(35)13-18(14-29)17-3-1-4-19(11-17)34-40(36)37/h1-6,9-12,16,18,35,40H,7-8,13-15H2,(H,34,36,37). The number of hydrogen-bond donors (Lipinski definition) is 3. The second kappa shape index (κ2) is 10.9. The molecule has 0 aliphatic heterocycles. The Bertz CT molecular complexity index is 1630. The summed E-state index contributed by atoms with van der Waals surface area (Å²) in [4.78, 5) is 0. The first-order valence-electron chi connectivity index (χ1n) is 12.8. The number of anilines is 1. The Labute approximate surface area is 248 Å². The zero-order valence-corrected chi connectivity index (χ0v) is 24.2. The highest BCUT2D eigenvalue weighted by Gasteiger charge is 2.45. The molecule has 208 valence electrons. The molecule has 11 heteroatoms. The Hall–Kier alpha value is -2.75. The van der Waals surface area contributed by atoms with Crippen LogP contribution in [-0.2, 0) is 23.1 Å². The quantitative estimate of drug-likeness (QED) is 0.168. The van der Waals surface area contributed by atoms with Gasteiger partial charge in [-0.15, -0.1) is 0 Å². The largest absolute Gasteiger partial charge is 0.489 e. The smallest absolute Gasteiger partial charge is 0.222 e. The van der Waals surface area contributed by atoms with Crippen LogP contribution < -0.4 is 9.46 Å². The van der Waals surface area contributed by atoms with E-state index in [1.54, 1.807) is 54.6 Å². The fraction of sp³-hybridized carbons (Fsp3) is 0.276. The topological polar surface area (TPSA) is 102 Å². The minimum Gasteiger partial charge on any atom is -0.489 e. The first kappa shape index (κ1) is 27.4. The Balaban J connectivity index is 1.18. The Morgan fingerprint density at radius 1 is 0.975 bits per heavy atom. The molecule has 0 bridgehead atoms. The van der Waals surface area contributed by atoms with Gasteiger partial charge in [-0.05, 0) is 73.6 Å². The van der Waals surface area contributed by atoms with Gasteiger partial charge in [0.05, 0.1) is 26.2 Å². The molecule has 1 heterocycles. The zero-order chi connectivity index (χ0) is 28.0. The third-order valence-electron chi connectivity index (χ3n) is 7.54. The average Bonchev–Trinajstić information content (AvgIpc) is 3.65. The number of rotatable bonds is 9. The third kappa shape index (κ3) is 5.43. The van der Waals surface area contributed by atoms with Gasteiger partial charge in [0.25, 0.3) is 0 Å². The first-order chi connectivity index (χ1) is 19.2.